The first kappa shape index (κ1) is 11.7. The monoisotopic (exact) mass is 234 g/mol. The van der Waals surface area contributed by atoms with E-state index in [1.54, 1.807) is 0 Å². The highest BCUT2D eigenvalue weighted by Gasteiger charge is 2.15. The molecule has 0 aliphatic carbocycles. The number of piperidine rings is 1. The summed E-state index contributed by atoms with van der Waals surface area (Å²) < 4.78 is 26.4. The van der Waals surface area contributed by atoms with Crippen LogP contribution in [-0.2, 0) is 0 Å². The summed E-state index contributed by atoms with van der Waals surface area (Å²) in [5.41, 5.74) is 1.49. The van der Waals surface area contributed by atoms with Gasteiger partial charge < -0.3 is 5.32 Å². The number of rotatable bonds is 1. The summed E-state index contributed by atoms with van der Waals surface area (Å²) >= 11 is 0. The molecule has 0 saturated carbocycles. The van der Waals surface area contributed by atoms with E-state index in [1.165, 1.54) is 12.1 Å². The van der Waals surface area contributed by atoms with Crippen molar-refractivity contribution in [2.75, 3.05) is 13.1 Å². The van der Waals surface area contributed by atoms with Crippen LogP contribution in [0, 0.1) is 23.0 Å². The fourth-order valence-electron chi connectivity index (χ4n) is 2.00. The standard InChI is InChI=1S/C13H12F2N2/c14-10-1-2-11(13(15)7-10)12(8-16)9-3-5-17-6-4-9/h1-2,7,17H,3-6H2. The number of nitrogens with one attached hydrogen (secondary N) is 1. The summed E-state index contributed by atoms with van der Waals surface area (Å²) in [5, 5.41) is 12.3. The van der Waals surface area contributed by atoms with Crippen LogP contribution in [0.2, 0.25) is 0 Å². The molecule has 88 valence electrons. The van der Waals surface area contributed by atoms with Gasteiger partial charge in [0, 0.05) is 11.6 Å². The van der Waals surface area contributed by atoms with Crippen LogP contribution in [0.25, 0.3) is 5.57 Å². The minimum absolute atomic E-state index is 0.200. The lowest BCUT2D eigenvalue weighted by Crippen LogP contribution is -2.23. The minimum atomic E-state index is -0.674. The van der Waals surface area contributed by atoms with Crippen molar-refractivity contribution in [2.24, 2.45) is 0 Å². The summed E-state index contributed by atoms with van der Waals surface area (Å²) in [5.74, 6) is -1.30. The average molecular weight is 234 g/mol. The van der Waals surface area contributed by atoms with Gasteiger partial charge in [0.15, 0.2) is 0 Å². The van der Waals surface area contributed by atoms with E-state index in [0.29, 0.717) is 5.57 Å². The number of halogens is 2. The third-order valence-electron chi connectivity index (χ3n) is 2.87. The maximum absolute atomic E-state index is 13.6. The number of benzene rings is 1. The van der Waals surface area contributed by atoms with Gasteiger partial charge in [-0.1, -0.05) is 0 Å². The van der Waals surface area contributed by atoms with Crippen molar-refractivity contribution in [1.82, 2.24) is 5.32 Å². The summed E-state index contributed by atoms with van der Waals surface area (Å²) in [6.45, 7) is 1.59. The molecular formula is C13H12F2N2. The molecule has 1 heterocycles. The molecule has 1 aliphatic rings. The van der Waals surface area contributed by atoms with E-state index < -0.39 is 11.6 Å². The minimum Gasteiger partial charge on any atom is -0.316 e. The third kappa shape index (κ3) is 2.51. The van der Waals surface area contributed by atoms with Gasteiger partial charge in [-0.25, -0.2) is 8.78 Å². The molecule has 2 nitrogen and oxygen atoms in total. The van der Waals surface area contributed by atoms with Crippen LogP contribution in [0.1, 0.15) is 18.4 Å². The van der Waals surface area contributed by atoms with Crippen LogP contribution in [0.4, 0.5) is 8.78 Å². The maximum atomic E-state index is 13.6. The lowest BCUT2D eigenvalue weighted by molar-refractivity contribution is 0.579. The van der Waals surface area contributed by atoms with Gasteiger partial charge in [0.05, 0.1) is 11.6 Å². The fraction of sp³-hybridized carbons (Fsp3) is 0.308. The topological polar surface area (TPSA) is 35.8 Å². The highest BCUT2D eigenvalue weighted by atomic mass is 19.1. The molecular weight excluding hydrogens is 222 g/mol. The molecule has 4 heteroatoms. The van der Waals surface area contributed by atoms with Crippen molar-refractivity contribution in [2.45, 2.75) is 12.8 Å². The second-order valence-corrected chi connectivity index (χ2v) is 3.96. The first-order chi connectivity index (χ1) is 8.22. The van der Waals surface area contributed by atoms with Gasteiger partial charge in [-0.15, -0.1) is 0 Å². The Hall–Kier alpha value is -1.73. The van der Waals surface area contributed by atoms with Crippen molar-refractivity contribution >= 4 is 5.57 Å². The molecule has 0 spiro atoms. The number of nitrogens with zero attached hydrogens (tertiary/aromatic N) is 1. The molecule has 1 aliphatic heterocycles. The van der Waals surface area contributed by atoms with Gasteiger partial charge in [-0.2, -0.15) is 5.26 Å². The van der Waals surface area contributed by atoms with E-state index in [-0.39, 0.29) is 5.56 Å². The van der Waals surface area contributed by atoms with Crippen LogP contribution in [0.5, 0.6) is 0 Å². The van der Waals surface area contributed by atoms with E-state index in [1.807, 2.05) is 6.07 Å². The molecule has 2 rings (SSSR count). The van der Waals surface area contributed by atoms with Gasteiger partial charge >= 0.3 is 0 Å². The van der Waals surface area contributed by atoms with Gasteiger partial charge in [0.2, 0.25) is 0 Å². The van der Waals surface area contributed by atoms with Gasteiger partial charge in [0.1, 0.15) is 11.6 Å². The molecule has 0 bridgehead atoms. The number of hydrogen-bond donors (Lipinski definition) is 1. The first-order valence-corrected chi connectivity index (χ1v) is 5.50. The lowest BCUT2D eigenvalue weighted by atomic mass is 9.94. The Kier molecular flexibility index (Phi) is 3.50. The van der Waals surface area contributed by atoms with Crippen molar-refractivity contribution in [3.05, 3.63) is 41.0 Å². The summed E-state index contributed by atoms with van der Waals surface area (Å²) in [6.07, 6.45) is 1.47. The van der Waals surface area contributed by atoms with E-state index in [9.17, 15) is 8.78 Å². The Labute approximate surface area is 98.6 Å². The van der Waals surface area contributed by atoms with Crippen molar-refractivity contribution < 1.29 is 8.78 Å². The molecule has 0 atom stereocenters. The van der Waals surface area contributed by atoms with Crippen LogP contribution in [0.3, 0.4) is 0 Å². The first-order valence-electron chi connectivity index (χ1n) is 5.50. The third-order valence-corrected chi connectivity index (χ3v) is 2.87. The molecule has 0 unspecified atom stereocenters. The largest absolute Gasteiger partial charge is 0.316 e. The van der Waals surface area contributed by atoms with Gasteiger partial charge in [0.25, 0.3) is 0 Å². The molecule has 1 aromatic carbocycles. The van der Waals surface area contributed by atoms with E-state index in [2.05, 4.69) is 5.32 Å². The van der Waals surface area contributed by atoms with Gasteiger partial charge in [-0.05, 0) is 43.6 Å². The summed E-state index contributed by atoms with van der Waals surface area (Å²) in [4.78, 5) is 0. The molecule has 0 amide bonds. The van der Waals surface area contributed by atoms with Crippen LogP contribution in [-0.4, -0.2) is 13.1 Å². The predicted molar refractivity (Wildman–Crippen MR) is 61.0 cm³/mol. The number of hydrogen-bond acceptors (Lipinski definition) is 2. The zero-order valence-electron chi connectivity index (χ0n) is 9.26. The van der Waals surface area contributed by atoms with Crippen molar-refractivity contribution in [3.8, 4) is 6.07 Å². The van der Waals surface area contributed by atoms with E-state index in [4.69, 9.17) is 5.26 Å². The second-order valence-electron chi connectivity index (χ2n) is 3.96. The maximum Gasteiger partial charge on any atom is 0.134 e. The number of allylic oxidation sites excluding steroid dienone is 1. The summed E-state index contributed by atoms with van der Waals surface area (Å²) in [6, 6.07) is 5.36. The normalized spacial score (nSPS) is 15.5. The van der Waals surface area contributed by atoms with Crippen molar-refractivity contribution in [1.29, 1.82) is 5.26 Å². The Balaban J connectivity index is 2.45. The highest BCUT2D eigenvalue weighted by Crippen LogP contribution is 2.26. The fourth-order valence-corrected chi connectivity index (χ4v) is 2.00. The Bertz CT molecular complexity index is 493. The van der Waals surface area contributed by atoms with Crippen LogP contribution >= 0.6 is 0 Å². The quantitative estimate of drug-likeness (QED) is 0.758. The average Bonchev–Trinajstić information content (AvgIpc) is 2.34. The van der Waals surface area contributed by atoms with Crippen LogP contribution < -0.4 is 5.32 Å². The molecule has 1 saturated heterocycles. The molecule has 17 heavy (non-hydrogen) atoms. The molecule has 1 fully saturated rings. The van der Waals surface area contributed by atoms with E-state index >= 15 is 0 Å². The zero-order valence-corrected chi connectivity index (χ0v) is 9.26. The molecule has 1 N–H and O–H groups in total. The van der Waals surface area contributed by atoms with Crippen molar-refractivity contribution in [3.63, 3.8) is 0 Å². The van der Waals surface area contributed by atoms with Crippen LogP contribution in [0.15, 0.2) is 23.8 Å². The highest BCUT2D eigenvalue weighted by molar-refractivity contribution is 5.79. The second kappa shape index (κ2) is 5.07. The Morgan fingerprint density at radius 3 is 2.53 bits per heavy atom. The number of nitriles is 1. The lowest BCUT2D eigenvalue weighted by Gasteiger charge is -2.17. The smallest absolute Gasteiger partial charge is 0.134 e. The molecule has 0 radical (unpaired) electrons. The van der Waals surface area contributed by atoms with E-state index in [0.717, 1.165) is 37.6 Å². The SMILES string of the molecule is N#CC(=C1CCNCC1)c1ccc(F)cc1F. The summed E-state index contributed by atoms with van der Waals surface area (Å²) in [7, 11) is 0. The van der Waals surface area contributed by atoms with Gasteiger partial charge in [-0.3, -0.25) is 0 Å². The molecule has 0 aromatic heterocycles. The molecule has 1 aromatic rings. The zero-order chi connectivity index (χ0) is 12.3. The predicted octanol–water partition coefficient (Wildman–Crippen LogP) is 2.63. The Morgan fingerprint density at radius 2 is 1.94 bits per heavy atom. The Morgan fingerprint density at radius 1 is 1.24 bits per heavy atom.